The molecule has 1 aromatic heterocycles. The molecule has 0 bridgehead atoms. The van der Waals surface area contributed by atoms with Crippen molar-refractivity contribution in [1.29, 1.82) is 0 Å². The van der Waals surface area contributed by atoms with Gasteiger partial charge in [-0.3, -0.25) is 9.69 Å². The van der Waals surface area contributed by atoms with Crippen LogP contribution in [0.15, 0.2) is 6.20 Å². The second kappa shape index (κ2) is 8.10. The molecule has 2 N–H and O–H groups in total. The van der Waals surface area contributed by atoms with Gasteiger partial charge in [-0.15, -0.1) is 11.3 Å². The van der Waals surface area contributed by atoms with Crippen LogP contribution < -0.4 is 10.2 Å². The fraction of sp³-hybridized carbons (Fsp3) is 0.750. The second-order valence-electron chi connectivity index (χ2n) is 6.67. The minimum atomic E-state index is -3.39. The molecule has 3 heterocycles. The lowest BCUT2D eigenvalue weighted by atomic mass is 10.1. The van der Waals surface area contributed by atoms with Crippen molar-refractivity contribution in [2.75, 3.05) is 37.8 Å². The highest BCUT2D eigenvalue weighted by molar-refractivity contribution is 7.15. The normalized spacial score (nSPS) is 25.0. The molecule has 2 fully saturated rings. The quantitative estimate of drug-likeness (QED) is 0.740. The van der Waals surface area contributed by atoms with E-state index in [1.807, 2.05) is 4.90 Å². The van der Waals surface area contributed by atoms with E-state index in [4.69, 9.17) is 5.11 Å². The first-order chi connectivity index (χ1) is 12.4. The van der Waals surface area contributed by atoms with Crippen LogP contribution >= 0.6 is 11.3 Å². The van der Waals surface area contributed by atoms with Crippen molar-refractivity contribution in [2.45, 2.75) is 43.8 Å². The zero-order valence-electron chi connectivity index (χ0n) is 14.3. The molecule has 2 aliphatic heterocycles. The van der Waals surface area contributed by atoms with Crippen molar-refractivity contribution in [1.82, 2.24) is 15.2 Å². The largest absolute Gasteiger partial charge is 0.481 e. The van der Waals surface area contributed by atoms with Gasteiger partial charge in [-0.1, -0.05) is 0 Å². The Bertz CT molecular complexity index is 630. The molecular formula is C16H23F3N4O2S. The summed E-state index contributed by atoms with van der Waals surface area (Å²) >= 11 is 1.40. The molecule has 0 amide bonds. The number of hydrogen-bond donors (Lipinski definition) is 2. The van der Waals surface area contributed by atoms with Crippen LogP contribution in [0.5, 0.6) is 0 Å². The number of aryl methyl sites for hydroxylation is 1. The Balaban J connectivity index is 1.75. The maximum Gasteiger partial charge on any atom is 0.303 e. The van der Waals surface area contributed by atoms with E-state index in [2.05, 4.69) is 10.3 Å². The van der Waals surface area contributed by atoms with Crippen molar-refractivity contribution >= 4 is 22.4 Å². The van der Waals surface area contributed by atoms with E-state index in [9.17, 15) is 18.0 Å². The fourth-order valence-electron chi connectivity index (χ4n) is 3.65. The highest BCUT2D eigenvalue weighted by Crippen LogP contribution is 2.35. The number of anilines is 1. The van der Waals surface area contributed by atoms with Crippen LogP contribution in [0.2, 0.25) is 0 Å². The van der Waals surface area contributed by atoms with Crippen LogP contribution in [-0.2, 0) is 11.2 Å². The van der Waals surface area contributed by atoms with E-state index < -0.39 is 24.6 Å². The average molecular weight is 392 g/mol. The van der Waals surface area contributed by atoms with Crippen molar-refractivity contribution in [3.05, 3.63) is 11.1 Å². The van der Waals surface area contributed by atoms with E-state index in [0.29, 0.717) is 31.2 Å². The number of carboxylic acid groups (broad SMARTS) is 1. The number of carboxylic acids is 1. The number of rotatable bonds is 7. The summed E-state index contributed by atoms with van der Waals surface area (Å²) in [6.45, 7) is 0.111. The summed E-state index contributed by atoms with van der Waals surface area (Å²) in [6.07, 6.45) is 3.44. The van der Waals surface area contributed by atoms with E-state index in [1.54, 1.807) is 11.1 Å². The predicted octanol–water partition coefficient (Wildman–Crippen LogP) is 1.97. The van der Waals surface area contributed by atoms with Crippen molar-refractivity contribution in [3.63, 3.8) is 0 Å². The van der Waals surface area contributed by atoms with Crippen LogP contribution in [0.1, 0.15) is 24.1 Å². The van der Waals surface area contributed by atoms with Crippen molar-refractivity contribution < 1.29 is 23.1 Å². The Kier molecular flexibility index (Phi) is 6.03. The molecule has 6 nitrogen and oxygen atoms in total. The van der Waals surface area contributed by atoms with E-state index in [1.165, 1.54) is 11.3 Å². The number of hydrogen-bond acceptors (Lipinski definition) is 6. The minimum Gasteiger partial charge on any atom is -0.481 e. The predicted molar refractivity (Wildman–Crippen MR) is 92.7 cm³/mol. The van der Waals surface area contributed by atoms with Gasteiger partial charge in [0.1, 0.15) is 0 Å². The molecule has 1 aromatic rings. The zero-order chi connectivity index (χ0) is 18.7. The smallest absolute Gasteiger partial charge is 0.303 e. The van der Waals surface area contributed by atoms with Gasteiger partial charge in [0.05, 0.1) is 18.6 Å². The molecule has 0 aromatic carbocycles. The average Bonchev–Trinajstić information content (AvgIpc) is 3.29. The SMILES string of the molecule is O=C(O)CCc1cnc(N2CCC[C@H]2N2CCNC[C@H]2C(F)(F)CF)s1. The van der Waals surface area contributed by atoms with Gasteiger partial charge in [0.25, 0.3) is 5.92 Å². The van der Waals surface area contributed by atoms with Gasteiger partial charge in [-0.05, 0) is 19.3 Å². The van der Waals surface area contributed by atoms with E-state index in [-0.39, 0.29) is 19.1 Å². The maximum absolute atomic E-state index is 14.1. The summed E-state index contributed by atoms with van der Waals surface area (Å²) in [7, 11) is 0. The molecule has 3 rings (SSSR count). The lowest BCUT2D eigenvalue weighted by Gasteiger charge is -2.45. The summed E-state index contributed by atoms with van der Waals surface area (Å²) in [5.41, 5.74) is 0. The number of aromatic nitrogens is 1. The second-order valence-corrected chi connectivity index (χ2v) is 7.77. The van der Waals surface area contributed by atoms with Gasteiger partial charge in [0.15, 0.2) is 11.8 Å². The minimum absolute atomic E-state index is 0.0354. The standard InChI is InChI=1S/C16H23F3N4O2S/c17-10-16(18,19)12-9-20-5-7-22(12)13-2-1-6-23(13)15-21-8-11(26-15)3-4-14(24)25/h8,12-13,20H,1-7,9-10H2,(H,24,25)/t12-,13-/m0/s1. The van der Waals surface area contributed by atoms with Gasteiger partial charge < -0.3 is 15.3 Å². The number of alkyl halides is 3. The lowest BCUT2D eigenvalue weighted by Crippen LogP contribution is -2.64. The maximum atomic E-state index is 14.1. The molecule has 0 aliphatic carbocycles. The number of halogens is 3. The van der Waals surface area contributed by atoms with Crippen LogP contribution in [-0.4, -0.2) is 71.9 Å². The Hall–Kier alpha value is -1.39. The number of aliphatic carboxylic acids is 1. The fourth-order valence-corrected chi connectivity index (χ4v) is 4.63. The summed E-state index contributed by atoms with van der Waals surface area (Å²) in [5, 5.41) is 12.4. The van der Waals surface area contributed by atoms with Gasteiger partial charge in [-0.25, -0.2) is 18.2 Å². The number of carbonyl (C=O) groups is 1. The molecule has 26 heavy (non-hydrogen) atoms. The number of nitrogens with zero attached hydrogens (tertiary/aromatic N) is 3. The van der Waals surface area contributed by atoms with Gasteiger partial charge in [-0.2, -0.15) is 0 Å². The van der Waals surface area contributed by atoms with Gasteiger partial charge in [0, 0.05) is 37.3 Å². The first-order valence-electron chi connectivity index (χ1n) is 8.76. The molecule has 0 spiro atoms. The molecule has 10 heteroatoms. The Morgan fingerprint density at radius 3 is 3.00 bits per heavy atom. The molecular weight excluding hydrogens is 369 g/mol. The van der Waals surface area contributed by atoms with Crippen LogP contribution in [0.4, 0.5) is 18.3 Å². The Morgan fingerprint density at radius 2 is 2.27 bits per heavy atom. The molecule has 146 valence electrons. The van der Waals surface area contributed by atoms with Crippen molar-refractivity contribution in [3.8, 4) is 0 Å². The highest BCUT2D eigenvalue weighted by atomic mass is 32.1. The van der Waals surface area contributed by atoms with Crippen LogP contribution in [0, 0.1) is 0 Å². The number of nitrogens with one attached hydrogen (secondary N) is 1. The Morgan fingerprint density at radius 1 is 1.46 bits per heavy atom. The molecule has 2 saturated heterocycles. The molecule has 2 atom stereocenters. The summed E-state index contributed by atoms with van der Waals surface area (Å²) in [6, 6.07) is -1.18. The van der Waals surface area contributed by atoms with Crippen LogP contribution in [0.25, 0.3) is 0 Å². The molecule has 0 unspecified atom stereocenters. The highest BCUT2D eigenvalue weighted by Gasteiger charge is 2.48. The molecule has 0 radical (unpaired) electrons. The summed E-state index contributed by atoms with van der Waals surface area (Å²) in [4.78, 5) is 19.7. The molecule has 2 aliphatic rings. The third kappa shape index (κ3) is 4.12. The molecule has 0 saturated carbocycles. The van der Waals surface area contributed by atoms with Gasteiger partial charge >= 0.3 is 5.97 Å². The Labute approximate surface area is 154 Å². The van der Waals surface area contributed by atoms with Crippen molar-refractivity contribution in [2.24, 2.45) is 0 Å². The number of thiazole rings is 1. The lowest BCUT2D eigenvalue weighted by molar-refractivity contribution is -0.136. The van der Waals surface area contributed by atoms with E-state index >= 15 is 0 Å². The summed E-state index contributed by atoms with van der Waals surface area (Å²) < 4.78 is 41.1. The monoisotopic (exact) mass is 392 g/mol. The van der Waals surface area contributed by atoms with Gasteiger partial charge in [0.2, 0.25) is 0 Å². The van der Waals surface area contributed by atoms with Crippen LogP contribution in [0.3, 0.4) is 0 Å². The first-order valence-corrected chi connectivity index (χ1v) is 9.57. The first kappa shape index (κ1) is 19.4. The van der Waals surface area contributed by atoms with E-state index in [0.717, 1.165) is 17.7 Å². The summed E-state index contributed by atoms with van der Waals surface area (Å²) in [5.74, 6) is -4.26. The topological polar surface area (TPSA) is 68.7 Å². The third-order valence-electron chi connectivity index (χ3n) is 4.93. The third-order valence-corrected chi connectivity index (χ3v) is 6.02. The number of piperazine rings is 1. The zero-order valence-corrected chi connectivity index (χ0v) is 15.2.